The van der Waals surface area contributed by atoms with Gasteiger partial charge in [-0.1, -0.05) is 6.08 Å². The molecule has 1 rings (SSSR count). The molecule has 0 fully saturated rings. The maximum Gasteiger partial charge on any atom is 0.270 e. The van der Waals surface area contributed by atoms with Gasteiger partial charge in [-0.15, -0.1) is 6.58 Å². The average molecular weight is 364 g/mol. The highest BCUT2D eigenvalue weighted by Crippen LogP contribution is 2.23. The van der Waals surface area contributed by atoms with Crippen LogP contribution in [0.25, 0.3) is 0 Å². The third kappa shape index (κ3) is 4.95. The van der Waals surface area contributed by atoms with Crippen LogP contribution < -0.4 is 5.32 Å². The Balaban J connectivity index is 2.49. The van der Waals surface area contributed by atoms with Crippen LogP contribution in [0.1, 0.15) is 0 Å². The molecule has 0 atom stereocenters. The lowest BCUT2D eigenvalue weighted by Gasteiger charge is -2.07. The van der Waals surface area contributed by atoms with Crippen molar-refractivity contribution in [1.29, 1.82) is 0 Å². The summed E-state index contributed by atoms with van der Waals surface area (Å²) < 4.78 is 0.866. The first-order chi connectivity index (χ1) is 8.15. The first-order valence-corrected chi connectivity index (χ1v) is 7.25. The molecule has 0 saturated carbocycles. The molecule has 17 heavy (non-hydrogen) atoms. The predicted molar refractivity (Wildman–Crippen MR) is 81.8 cm³/mol. The minimum absolute atomic E-state index is 0.126. The fraction of sp³-hybridized carbons (Fsp3) is 0.273. The van der Waals surface area contributed by atoms with E-state index in [2.05, 4.69) is 34.5 Å². The zero-order chi connectivity index (χ0) is 12.7. The van der Waals surface area contributed by atoms with Gasteiger partial charge in [0.25, 0.3) is 5.69 Å². The van der Waals surface area contributed by atoms with E-state index in [0.29, 0.717) is 0 Å². The van der Waals surface area contributed by atoms with Crippen molar-refractivity contribution in [2.45, 2.75) is 0 Å². The summed E-state index contributed by atoms with van der Waals surface area (Å²) >= 11 is 3.89. The highest BCUT2D eigenvalue weighted by Gasteiger charge is 2.08. The zero-order valence-electron chi connectivity index (χ0n) is 9.19. The van der Waals surface area contributed by atoms with Gasteiger partial charge in [-0.05, 0) is 28.7 Å². The molecule has 92 valence electrons. The Hall–Kier alpha value is -0.760. The minimum atomic E-state index is -0.383. The highest BCUT2D eigenvalue weighted by atomic mass is 127. The molecule has 0 aliphatic rings. The van der Waals surface area contributed by atoms with Crippen molar-refractivity contribution in [1.82, 2.24) is 0 Å². The third-order valence-electron chi connectivity index (χ3n) is 1.96. The monoisotopic (exact) mass is 364 g/mol. The van der Waals surface area contributed by atoms with Crippen molar-refractivity contribution in [2.75, 3.05) is 23.4 Å². The molecule has 0 unspecified atom stereocenters. The van der Waals surface area contributed by atoms with Crippen molar-refractivity contribution in [3.8, 4) is 0 Å². The molecule has 1 aromatic rings. The maximum atomic E-state index is 10.6. The lowest BCUT2D eigenvalue weighted by molar-refractivity contribution is -0.384. The summed E-state index contributed by atoms with van der Waals surface area (Å²) in [5, 5.41) is 13.8. The van der Waals surface area contributed by atoms with Gasteiger partial charge in [-0.25, -0.2) is 0 Å². The molecular weight excluding hydrogens is 351 g/mol. The van der Waals surface area contributed by atoms with Gasteiger partial charge in [-0.3, -0.25) is 10.1 Å². The second-order valence-electron chi connectivity index (χ2n) is 3.21. The molecule has 0 spiro atoms. The number of rotatable bonds is 7. The van der Waals surface area contributed by atoms with Gasteiger partial charge in [0.05, 0.1) is 4.92 Å². The Morgan fingerprint density at radius 1 is 1.59 bits per heavy atom. The Morgan fingerprint density at radius 2 is 2.35 bits per heavy atom. The molecule has 0 bridgehead atoms. The first kappa shape index (κ1) is 14.3. The lowest BCUT2D eigenvalue weighted by atomic mass is 10.3. The first-order valence-electron chi connectivity index (χ1n) is 5.01. The minimum Gasteiger partial charge on any atom is -0.383 e. The number of benzene rings is 1. The van der Waals surface area contributed by atoms with Crippen LogP contribution in [0.5, 0.6) is 0 Å². The van der Waals surface area contributed by atoms with Crippen LogP contribution in [-0.4, -0.2) is 23.0 Å². The van der Waals surface area contributed by atoms with Crippen molar-refractivity contribution in [2.24, 2.45) is 0 Å². The molecule has 0 saturated heterocycles. The van der Waals surface area contributed by atoms with E-state index in [1.165, 1.54) is 6.07 Å². The number of hydrogen-bond donors (Lipinski definition) is 1. The molecule has 0 aromatic heterocycles. The van der Waals surface area contributed by atoms with E-state index in [-0.39, 0.29) is 10.6 Å². The van der Waals surface area contributed by atoms with Gasteiger partial charge in [0.1, 0.15) is 0 Å². The number of nitrogens with one attached hydrogen (secondary N) is 1. The lowest BCUT2D eigenvalue weighted by Crippen LogP contribution is -2.05. The molecule has 0 radical (unpaired) electrons. The largest absolute Gasteiger partial charge is 0.383 e. The van der Waals surface area contributed by atoms with Gasteiger partial charge >= 0.3 is 0 Å². The fourth-order valence-corrected chi connectivity index (χ4v) is 2.45. The van der Waals surface area contributed by atoms with Gasteiger partial charge < -0.3 is 5.32 Å². The van der Waals surface area contributed by atoms with Gasteiger partial charge in [0.15, 0.2) is 0 Å². The SMILES string of the molecule is C=CCSCCNc1ccc([N+](=O)[O-])cc1I. The molecule has 0 amide bonds. The van der Waals surface area contributed by atoms with Crippen LogP contribution in [0.3, 0.4) is 0 Å². The molecule has 0 heterocycles. The summed E-state index contributed by atoms with van der Waals surface area (Å²) in [6.45, 7) is 4.49. The topological polar surface area (TPSA) is 55.2 Å². The van der Waals surface area contributed by atoms with Gasteiger partial charge in [0, 0.05) is 39.4 Å². The fourth-order valence-electron chi connectivity index (χ4n) is 1.19. The summed E-state index contributed by atoms with van der Waals surface area (Å²) in [4.78, 5) is 10.2. The van der Waals surface area contributed by atoms with E-state index < -0.39 is 0 Å². The van der Waals surface area contributed by atoms with Crippen LogP contribution in [-0.2, 0) is 0 Å². The van der Waals surface area contributed by atoms with E-state index in [1.54, 1.807) is 23.9 Å². The molecule has 4 nitrogen and oxygen atoms in total. The summed E-state index contributed by atoms with van der Waals surface area (Å²) in [6.07, 6.45) is 1.88. The average Bonchev–Trinajstić information content (AvgIpc) is 2.30. The second kappa shape index (κ2) is 7.54. The van der Waals surface area contributed by atoms with Crippen LogP contribution in [0.2, 0.25) is 0 Å². The molecule has 1 aromatic carbocycles. The van der Waals surface area contributed by atoms with Gasteiger partial charge in [-0.2, -0.15) is 11.8 Å². The van der Waals surface area contributed by atoms with Crippen LogP contribution in [0.15, 0.2) is 30.9 Å². The number of halogens is 1. The predicted octanol–water partition coefficient (Wildman–Crippen LogP) is 3.53. The maximum absolute atomic E-state index is 10.6. The highest BCUT2D eigenvalue weighted by molar-refractivity contribution is 14.1. The number of nitro groups is 1. The molecule has 1 N–H and O–H groups in total. The smallest absolute Gasteiger partial charge is 0.270 e. The molecular formula is C11H13IN2O2S. The van der Waals surface area contributed by atoms with Crippen molar-refractivity contribution in [3.05, 3.63) is 44.5 Å². The number of thioether (sulfide) groups is 1. The second-order valence-corrected chi connectivity index (χ2v) is 5.52. The zero-order valence-corrected chi connectivity index (χ0v) is 12.2. The summed E-state index contributed by atoms with van der Waals surface area (Å²) in [5.41, 5.74) is 1.07. The number of nitrogens with zero attached hydrogens (tertiary/aromatic N) is 1. The summed E-state index contributed by atoms with van der Waals surface area (Å²) in [6, 6.07) is 4.83. The van der Waals surface area contributed by atoms with Crippen molar-refractivity contribution < 1.29 is 4.92 Å². The summed E-state index contributed by atoms with van der Waals surface area (Å²) in [7, 11) is 0. The number of nitro benzene ring substituents is 1. The number of non-ortho nitro benzene ring substituents is 1. The number of hydrogen-bond acceptors (Lipinski definition) is 4. The van der Waals surface area contributed by atoms with Crippen molar-refractivity contribution in [3.63, 3.8) is 0 Å². The Morgan fingerprint density at radius 3 is 2.94 bits per heavy atom. The molecule has 0 aliphatic heterocycles. The normalized spacial score (nSPS) is 9.94. The molecule has 0 aliphatic carbocycles. The van der Waals surface area contributed by atoms with E-state index in [9.17, 15) is 10.1 Å². The Kier molecular flexibility index (Phi) is 6.35. The van der Waals surface area contributed by atoms with E-state index in [1.807, 2.05) is 6.08 Å². The van der Waals surface area contributed by atoms with Crippen LogP contribution >= 0.6 is 34.4 Å². The molecule has 6 heteroatoms. The van der Waals surface area contributed by atoms with E-state index in [4.69, 9.17) is 0 Å². The van der Waals surface area contributed by atoms with Gasteiger partial charge in [0.2, 0.25) is 0 Å². The Labute approximate surface area is 118 Å². The standard InChI is InChI=1S/C11H13IN2O2S/c1-2-6-17-7-5-13-11-4-3-9(14(15)16)8-10(11)12/h2-4,8,13H,1,5-7H2. The van der Waals surface area contributed by atoms with E-state index >= 15 is 0 Å². The quantitative estimate of drug-likeness (QED) is 0.264. The van der Waals surface area contributed by atoms with E-state index in [0.717, 1.165) is 27.3 Å². The van der Waals surface area contributed by atoms with Crippen molar-refractivity contribution >= 4 is 45.7 Å². The van der Waals surface area contributed by atoms with Crippen LogP contribution in [0, 0.1) is 13.7 Å². The summed E-state index contributed by atoms with van der Waals surface area (Å²) in [5.74, 6) is 1.93. The third-order valence-corrected chi connectivity index (χ3v) is 3.82. The Bertz CT molecular complexity index is 412. The number of anilines is 1. The van der Waals surface area contributed by atoms with Crippen LogP contribution in [0.4, 0.5) is 11.4 Å².